The van der Waals surface area contributed by atoms with Crippen LogP contribution in [0.1, 0.15) is 12.0 Å². The van der Waals surface area contributed by atoms with E-state index in [9.17, 15) is 9.59 Å². The number of rotatable bonds is 2. The highest BCUT2D eigenvalue weighted by Gasteiger charge is 2.28. The van der Waals surface area contributed by atoms with Gasteiger partial charge in [-0.1, -0.05) is 30.0 Å². The Hall–Kier alpha value is -1.82. The molecule has 94 valence electrons. The number of amides is 2. The fraction of sp³-hybridized carbons (Fsp3) is 0.250. The van der Waals surface area contributed by atoms with Gasteiger partial charge in [-0.25, -0.2) is 0 Å². The maximum absolute atomic E-state index is 12.0. The van der Waals surface area contributed by atoms with Crippen molar-refractivity contribution in [1.29, 1.82) is 0 Å². The third-order valence-corrected chi connectivity index (χ3v) is 3.55. The van der Waals surface area contributed by atoms with Crippen molar-refractivity contribution in [2.24, 2.45) is 10.7 Å². The smallest absolute Gasteiger partial charge is 0.249 e. The number of benzene rings is 1. The SMILES string of the molecule is Cc1ccccc1NC(=O)[C@@H]1CC(=O)N=C(N)S1. The number of para-hydroxylation sites is 1. The third-order valence-electron chi connectivity index (χ3n) is 2.55. The number of aliphatic imine (C=N–C) groups is 1. The maximum atomic E-state index is 12.0. The molecule has 1 atom stereocenters. The van der Waals surface area contributed by atoms with Gasteiger partial charge in [-0.15, -0.1) is 0 Å². The Morgan fingerprint density at radius 3 is 2.89 bits per heavy atom. The molecule has 6 heteroatoms. The van der Waals surface area contributed by atoms with Crippen LogP contribution >= 0.6 is 11.8 Å². The van der Waals surface area contributed by atoms with Gasteiger partial charge in [0.05, 0.1) is 6.42 Å². The van der Waals surface area contributed by atoms with Crippen molar-refractivity contribution in [3.05, 3.63) is 29.8 Å². The lowest BCUT2D eigenvalue weighted by molar-refractivity contribution is -0.121. The molecular weight excluding hydrogens is 250 g/mol. The van der Waals surface area contributed by atoms with Crippen LogP contribution < -0.4 is 11.1 Å². The standard InChI is InChI=1S/C12H13N3O2S/c1-7-4-2-3-5-8(7)14-11(17)9-6-10(16)15-12(13)18-9/h2-5,9H,6H2,1H3,(H,14,17)(H2,13,15,16)/t9-/m0/s1. The predicted octanol–water partition coefficient (Wildman–Crippen LogP) is 1.28. The second kappa shape index (κ2) is 5.22. The Morgan fingerprint density at radius 1 is 1.50 bits per heavy atom. The number of carbonyl (C=O) groups is 2. The summed E-state index contributed by atoms with van der Waals surface area (Å²) < 4.78 is 0. The summed E-state index contributed by atoms with van der Waals surface area (Å²) in [6, 6.07) is 7.47. The number of aryl methyl sites for hydroxylation is 1. The van der Waals surface area contributed by atoms with Gasteiger partial charge in [0, 0.05) is 5.69 Å². The lowest BCUT2D eigenvalue weighted by atomic mass is 10.2. The zero-order valence-corrected chi connectivity index (χ0v) is 10.7. The molecule has 0 aromatic heterocycles. The Bertz CT molecular complexity index is 528. The molecule has 0 radical (unpaired) electrons. The summed E-state index contributed by atoms with van der Waals surface area (Å²) in [4.78, 5) is 26.8. The van der Waals surface area contributed by atoms with E-state index in [0.717, 1.165) is 23.0 Å². The molecule has 18 heavy (non-hydrogen) atoms. The number of carbonyl (C=O) groups excluding carboxylic acids is 2. The summed E-state index contributed by atoms with van der Waals surface area (Å²) in [5.41, 5.74) is 7.21. The molecule has 2 rings (SSSR count). The summed E-state index contributed by atoms with van der Waals surface area (Å²) in [6.45, 7) is 1.91. The minimum Gasteiger partial charge on any atom is -0.378 e. The number of anilines is 1. The van der Waals surface area contributed by atoms with Crippen molar-refractivity contribution < 1.29 is 9.59 Å². The lowest BCUT2D eigenvalue weighted by Gasteiger charge is -2.18. The number of thioether (sulfide) groups is 1. The molecule has 1 aliphatic rings. The van der Waals surface area contributed by atoms with E-state index in [0.29, 0.717) is 0 Å². The molecule has 0 fully saturated rings. The van der Waals surface area contributed by atoms with Gasteiger partial charge in [0.15, 0.2) is 5.17 Å². The number of nitrogens with one attached hydrogen (secondary N) is 1. The molecule has 5 nitrogen and oxygen atoms in total. The van der Waals surface area contributed by atoms with E-state index in [2.05, 4.69) is 10.3 Å². The van der Waals surface area contributed by atoms with E-state index < -0.39 is 5.25 Å². The second-order valence-electron chi connectivity index (χ2n) is 3.96. The van der Waals surface area contributed by atoms with E-state index >= 15 is 0 Å². The highest BCUT2D eigenvalue weighted by molar-refractivity contribution is 8.15. The highest BCUT2D eigenvalue weighted by Crippen LogP contribution is 2.23. The zero-order valence-electron chi connectivity index (χ0n) is 9.84. The van der Waals surface area contributed by atoms with Crippen LogP contribution in [-0.4, -0.2) is 22.2 Å². The second-order valence-corrected chi connectivity index (χ2v) is 5.18. The quantitative estimate of drug-likeness (QED) is 0.841. The van der Waals surface area contributed by atoms with Gasteiger partial charge >= 0.3 is 0 Å². The molecule has 0 aliphatic carbocycles. The number of hydrogen-bond acceptors (Lipinski definition) is 4. The summed E-state index contributed by atoms with van der Waals surface area (Å²) in [5, 5.41) is 2.44. The average molecular weight is 263 g/mol. The molecule has 0 bridgehead atoms. The zero-order chi connectivity index (χ0) is 13.1. The van der Waals surface area contributed by atoms with Crippen LogP contribution in [0.4, 0.5) is 5.69 Å². The lowest BCUT2D eigenvalue weighted by Crippen LogP contribution is -2.33. The normalized spacial score (nSPS) is 19.3. The van der Waals surface area contributed by atoms with Crippen molar-refractivity contribution in [1.82, 2.24) is 0 Å². The van der Waals surface area contributed by atoms with E-state index in [4.69, 9.17) is 5.73 Å². The number of nitrogens with zero attached hydrogens (tertiary/aromatic N) is 1. The van der Waals surface area contributed by atoms with Gasteiger partial charge in [-0.2, -0.15) is 4.99 Å². The molecule has 0 saturated carbocycles. The third kappa shape index (κ3) is 2.89. The summed E-state index contributed by atoms with van der Waals surface area (Å²) in [6.07, 6.45) is 0.0864. The van der Waals surface area contributed by atoms with Gasteiger partial charge in [-0.3, -0.25) is 9.59 Å². The van der Waals surface area contributed by atoms with Gasteiger partial charge in [0.2, 0.25) is 11.8 Å². The van der Waals surface area contributed by atoms with Crippen LogP contribution in [0.15, 0.2) is 29.3 Å². The van der Waals surface area contributed by atoms with E-state index in [1.54, 1.807) is 0 Å². The van der Waals surface area contributed by atoms with Crippen LogP contribution in [0.2, 0.25) is 0 Å². The molecule has 0 saturated heterocycles. The molecule has 3 N–H and O–H groups in total. The number of amidine groups is 1. The Kier molecular flexibility index (Phi) is 3.66. The van der Waals surface area contributed by atoms with Crippen molar-refractivity contribution >= 4 is 34.4 Å². The Balaban J connectivity index is 2.07. The largest absolute Gasteiger partial charge is 0.378 e. The van der Waals surface area contributed by atoms with Gasteiger partial charge in [0.1, 0.15) is 5.25 Å². The van der Waals surface area contributed by atoms with Gasteiger partial charge < -0.3 is 11.1 Å². The molecule has 1 heterocycles. The minimum absolute atomic E-state index is 0.0864. The highest BCUT2D eigenvalue weighted by atomic mass is 32.2. The van der Waals surface area contributed by atoms with Gasteiger partial charge in [-0.05, 0) is 18.6 Å². The monoisotopic (exact) mass is 263 g/mol. The van der Waals surface area contributed by atoms with E-state index in [1.807, 2.05) is 31.2 Å². The first kappa shape index (κ1) is 12.6. The molecule has 1 aliphatic heterocycles. The van der Waals surface area contributed by atoms with Crippen LogP contribution in [-0.2, 0) is 9.59 Å². The first-order chi connectivity index (χ1) is 8.56. The maximum Gasteiger partial charge on any atom is 0.249 e. The number of nitrogens with two attached hydrogens (primary N) is 1. The Morgan fingerprint density at radius 2 is 2.22 bits per heavy atom. The summed E-state index contributed by atoms with van der Waals surface area (Å²) in [7, 11) is 0. The first-order valence-electron chi connectivity index (χ1n) is 5.46. The van der Waals surface area contributed by atoms with Gasteiger partial charge in [0.25, 0.3) is 0 Å². The average Bonchev–Trinajstić information content (AvgIpc) is 2.31. The topological polar surface area (TPSA) is 84.5 Å². The van der Waals surface area contributed by atoms with Crippen molar-refractivity contribution in [3.8, 4) is 0 Å². The molecule has 0 unspecified atom stereocenters. The van der Waals surface area contributed by atoms with E-state index in [-0.39, 0.29) is 23.4 Å². The molecule has 1 aromatic rings. The van der Waals surface area contributed by atoms with Crippen LogP contribution in [0.3, 0.4) is 0 Å². The van der Waals surface area contributed by atoms with E-state index in [1.165, 1.54) is 0 Å². The first-order valence-corrected chi connectivity index (χ1v) is 6.34. The van der Waals surface area contributed by atoms with Crippen molar-refractivity contribution in [2.75, 3.05) is 5.32 Å². The molecule has 2 amide bonds. The number of hydrogen-bond donors (Lipinski definition) is 2. The van der Waals surface area contributed by atoms with Crippen LogP contribution in [0, 0.1) is 6.92 Å². The fourth-order valence-corrected chi connectivity index (χ4v) is 2.45. The minimum atomic E-state index is -0.505. The van der Waals surface area contributed by atoms with Crippen LogP contribution in [0.25, 0.3) is 0 Å². The molecule has 1 aromatic carbocycles. The molecular formula is C12H13N3O2S. The Labute approximate surface area is 109 Å². The predicted molar refractivity (Wildman–Crippen MR) is 72.4 cm³/mol. The van der Waals surface area contributed by atoms with Crippen LogP contribution in [0.5, 0.6) is 0 Å². The fourth-order valence-electron chi connectivity index (χ4n) is 1.61. The van der Waals surface area contributed by atoms with Crippen molar-refractivity contribution in [3.63, 3.8) is 0 Å². The molecule has 0 spiro atoms. The summed E-state index contributed by atoms with van der Waals surface area (Å²) >= 11 is 1.12. The summed E-state index contributed by atoms with van der Waals surface area (Å²) in [5.74, 6) is -0.573. The van der Waals surface area contributed by atoms with Crippen molar-refractivity contribution in [2.45, 2.75) is 18.6 Å².